The number of nitrogens with one attached hydrogen (secondary N) is 1. The molecule has 6 rings (SSSR count). The van der Waals surface area contributed by atoms with E-state index in [1.165, 1.54) is 23.9 Å². The number of benzene rings is 4. The van der Waals surface area contributed by atoms with Gasteiger partial charge in [0.25, 0.3) is 11.1 Å². The van der Waals surface area contributed by atoms with Crippen LogP contribution in [0.25, 0.3) is 22.6 Å². The summed E-state index contributed by atoms with van der Waals surface area (Å²) in [7, 11) is 0. The molecule has 0 bridgehead atoms. The van der Waals surface area contributed by atoms with E-state index in [-0.39, 0.29) is 17.6 Å². The third-order valence-corrected chi connectivity index (χ3v) is 8.00. The molecule has 0 saturated carbocycles. The van der Waals surface area contributed by atoms with Crippen molar-refractivity contribution in [3.63, 3.8) is 0 Å². The van der Waals surface area contributed by atoms with Gasteiger partial charge < -0.3 is 19.5 Å². The SMILES string of the molecule is O=C(CSc1nc(-c2ccccc2)c(-c2ccccc2)o1)Nc1ccc(N2CCN(C(=O)c3cccc(F)c3)CC2)cc1. The molecule has 1 aliphatic heterocycles. The number of amides is 2. The Hall–Kier alpha value is -4.89. The zero-order chi connectivity index (χ0) is 29.6. The van der Waals surface area contributed by atoms with E-state index in [2.05, 4.69) is 10.2 Å². The fraction of sp³-hybridized carbons (Fsp3) is 0.147. The molecule has 0 radical (unpaired) electrons. The van der Waals surface area contributed by atoms with Crippen molar-refractivity contribution in [2.45, 2.75) is 5.22 Å². The predicted molar refractivity (Wildman–Crippen MR) is 168 cm³/mol. The van der Waals surface area contributed by atoms with Crippen LogP contribution >= 0.6 is 11.8 Å². The highest BCUT2D eigenvalue weighted by molar-refractivity contribution is 7.99. The number of hydrogen-bond acceptors (Lipinski definition) is 6. The summed E-state index contributed by atoms with van der Waals surface area (Å²) in [6, 6.07) is 33.1. The van der Waals surface area contributed by atoms with Gasteiger partial charge >= 0.3 is 0 Å². The maximum absolute atomic E-state index is 13.5. The third-order valence-electron chi connectivity index (χ3n) is 7.17. The number of aromatic nitrogens is 1. The third kappa shape index (κ3) is 6.79. The summed E-state index contributed by atoms with van der Waals surface area (Å²) in [5.74, 6) is 0.0774. The number of rotatable bonds is 8. The Morgan fingerprint density at radius 2 is 1.49 bits per heavy atom. The van der Waals surface area contributed by atoms with E-state index >= 15 is 0 Å². The Bertz CT molecular complexity index is 1650. The fourth-order valence-electron chi connectivity index (χ4n) is 4.99. The Balaban J connectivity index is 1.03. The van der Waals surface area contributed by atoms with E-state index in [4.69, 9.17) is 9.40 Å². The van der Waals surface area contributed by atoms with Crippen LogP contribution < -0.4 is 10.2 Å². The van der Waals surface area contributed by atoms with Gasteiger partial charge in [-0.2, -0.15) is 0 Å². The van der Waals surface area contributed by atoms with E-state index < -0.39 is 5.82 Å². The van der Waals surface area contributed by atoms with Crippen molar-refractivity contribution >= 4 is 35.0 Å². The van der Waals surface area contributed by atoms with Crippen molar-refractivity contribution in [1.29, 1.82) is 0 Å². The number of carbonyl (C=O) groups is 2. The smallest absolute Gasteiger partial charge is 0.257 e. The van der Waals surface area contributed by atoms with E-state index in [1.54, 1.807) is 17.0 Å². The second kappa shape index (κ2) is 13.0. The average Bonchev–Trinajstić information content (AvgIpc) is 3.49. The molecular formula is C34H29FN4O3S. The van der Waals surface area contributed by atoms with Crippen LogP contribution in [-0.2, 0) is 4.79 Å². The maximum Gasteiger partial charge on any atom is 0.257 e. The van der Waals surface area contributed by atoms with Crippen LogP contribution in [0.2, 0.25) is 0 Å². The molecule has 5 aromatic rings. The van der Waals surface area contributed by atoms with Gasteiger partial charge in [0.2, 0.25) is 5.91 Å². The van der Waals surface area contributed by atoms with Crippen molar-refractivity contribution in [2.24, 2.45) is 0 Å². The summed E-state index contributed by atoms with van der Waals surface area (Å²) < 4.78 is 19.6. The molecule has 2 heterocycles. The van der Waals surface area contributed by atoms with Gasteiger partial charge in [-0.25, -0.2) is 9.37 Å². The molecule has 2 amide bonds. The number of anilines is 2. The summed E-state index contributed by atoms with van der Waals surface area (Å²) in [4.78, 5) is 34.1. The van der Waals surface area contributed by atoms with E-state index in [1.807, 2.05) is 84.9 Å². The number of nitrogens with zero attached hydrogens (tertiary/aromatic N) is 3. The van der Waals surface area contributed by atoms with Crippen LogP contribution in [0.1, 0.15) is 10.4 Å². The quantitative estimate of drug-likeness (QED) is 0.199. The zero-order valence-corrected chi connectivity index (χ0v) is 24.1. The van der Waals surface area contributed by atoms with Crippen LogP contribution in [0.5, 0.6) is 0 Å². The molecule has 1 fully saturated rings. The highest BCUT2D eigenvalue weighted by Gasteiger charge is 2.23. The summed E-state index contributed by atoms with van der Waals surface area (Å²) in [6.07, 6.45) is 0. The first-order valence-electron chi connectivity index (χ1n) is 14.0. The lowest BCUT2D eigenvalue weighted by atomic mass is 10.1. The summed E-state index contributed by atoms with van der Waals surface area (Å²) in [5, 5.41) is 3.37. The minimum atomic E-state index is -0.415. The number of piperazine rings is 1. The number of carbonyl (C=O) groups excluding carboxylic acids is 2. The van der Waals surface area contributed by atoms with Gasteiger partial charge in [-0.15, -0.1) is 0 Å². The minimum absolute atomic E-state index is 0.145. The van der Waals surface area contributed by atoms with Gasteiger partial charge in [0.05, 0.1) is 5.75 Å². The van der Waals surface area contributed by atoms with Crippen LogP contribution in [0.4, 0.5) is 15.8 Å². The average molecular weight is 593 g/mol. The van der Waals surface area contributed by atoms with Gasteiger partial charge in [-0.1, -0.05) is 78.5 Å². The number of thioether (sulfide) groups is 1. The molecule has 7 nitrogen and oxygen atoms in total. The largest absolute Gasteiger partial charge is 0.431 e. The first-order valence-corrected chi connectivity index (χ1v) is 15.0. The Labute approximate surface area is 253 Å². The molecule has 1 saturated heterocycles. The minimum Gasteiger partial charge on any atom is -0.431 e. The van der Waals surface area contributed by atoms with Crippen molar-refractivity contribution < 1.29 is 18.4 Å². The van der Waals surface area contributed by atoms with E-state index in [9.17, 15) is 14.0 Å². The lowest BCUT2D eigenvalue weighted by Crippen LogP contribution is -2.48. The van der Waals surface area contributed by atoms with Crippen LogP contribution in [0.15, 0.2) is 119 Å². The monoisotopic (exact) mass is 592 g/mol. The molecule has 1 aromatic heterocycles. The topological polar surface area (TPSA) is 78.7 Å². The van der Waals surface area contributed by atoms with Crippen molar-refractivity contribution in [3.8, 4) is 22.6 Å². The standard InChI is InChI=1S/C34H29FN4O3S/c35-27-13-7-12-26(22-27)33(41)39-20-18-38(19-21-39)29-16-14-28(15-17-29)36-30(40)23-43-34-37-31(24-8-3-1-4-9-24)32(42-34)25-10-5-2-6-11-25/h1-17,22H,18-21,23H2,(H,36,40). The summed E-state index contributed by atoms with van der Waals surface area (Å²) >= 11 is 1.25. The summed E-state index contributed by atoms with van der Waals surface area (Å²) in [5.41, 5.74) is 4.67. The fourth-order valence-corrected chi connectivity index (χ4v) is 5.62. The Morgan fingerprint density at radius 3 is 2.16 bits per heavy atom. The lowest BCUT2D eigenvalue weighted by Gasteiger charge is -2.36. The van der Waals surface area contributed by atoms with Gasteiger partial charge in [0.15, 0.2) is 5.76 Å². The van der Waals surface area contributed by atoms with Gasteiger partial charge in [-0.3, -0.25) is 9.59 Å². The van der Waals surface area contributed by atoms with Gasteiger partial charge in [0, 0.05) is 54.2 Å². The second-order valence-corrected chi connectivity index (χ2v) is 11.0. The highest BCUT2D eigenvalue weighted by Crippen LogP contribution is 2.35. The molecule has 216 valence electrons. The summed E-state index contributed by atoms with van der Waals surface area (Å²) in [6.45, 7) is 2.42. The van der Waals surface area contributed by atoms with Crippen molar-refractivity contribution in [2.75, 3.05) is 42.1 Å². The molecule has 0 atom stereocenters. The molecule has 9 heteroatoms. The van der Waals surface area contributed by atoms with Crippen molar-refractivity contribution in [1.82, 2.24) is 9.88 Å². The molecule has 43 heavy (non-hydrogen) atoms. The van der Waals surface area contributed by atoms with E-state index in [0.717, 1.165) is 22.5 Å². The Kier molecular flexibility index (Phi) is 8.51. The van der Waals surface area contributed by atoms with Crippen LogP contribution in [-0.4, -0.2) is 53.6 Å². The predicted octanol–water partition coefficient (Wildman–Crippen LogP) is 6.84. The molecule has 4 aromatic carbocycles. The van der Waals surface area contributed by atoms with Gasteiger partial charge in [0.1, 0.15) is 11.5 Å². The van der Waals surface area contributed by atoms with Crippen molar-refractivity contribution in [3.05, 3.63) is 121 Å². The molecule has 1 aliphatic rings. The maximum atomic E-state index is 13.5. The second-order valence-electron chi connectivity index (χ2n) is 10.1. The first kappa shape index (κ1) is 28.2. The van der Waals surface area contributed by atoms with Gasteiger partial charge in [-0.05, 0) is 42.5 Å². The van der Waals surface area contributed by atoms with Crippen LogP contribution in [0, 0.1) is 5.82 Å². The number of halogens is 1. The lowest BCUT2D eigenvalue weighted by molar-refractivity contribution is -0.113. The van der Waals surface area contributed by atoms with E-state index in [0.29, 0.717) is 48.4 Å². The first-order chi connectivity index (χ1) is 21.0. The molecule has 0 unspecified atom stereocenters. The Morgan fingerprint density at radius 1 is 0.814 bits per heavy atom. The molecular weight excluding hydrogens is 563 g/mol. The number of oxazole rings is 1. The van der Waals surface area contributed by atoms with Crippen LogP contribution in [0.3, 0.4) is 0 Å². The molecule has 0 spiro atoms. The highest BCUT2D eigenvalue weighted by atomic mass is 32.2. The normalized spacial score (nSPS) is 13.1. The molecule has 1 N–H and O–H groups in total. The number of hydrogen-bond donors (Lipinski definition) is 1. The zero-order valence-electron chi connectivity index (χ0n) is 23.3. The molecule has 0 aliphatic carbocycles.